The average Bonchev–Trinajstić information content (AvgIpc) is 2.48. The average molecular weight is 282 g/mol. The summed E-state index contributed by atoms with van der Waals surface area (Å²) >= 11 is 0. The van der Waals surface area contributed by atoms with Gasteiger partial charge in [-0.05, 0) is 24.3 Å². The van der Waals surface area contributed by atoms with Gasteiger partial charge in [-0.1, -0.05) is 50.2 Å². The van der Waals surface area contributed by atoms with E-state index in [0.29, 0.717) is 17.4 Å². The number of para-hydroxylation sites is 2. The summed E-state index contributed by atoms with van der Waals surface area (Å²) in [5, 5.41) is 7.83. The summed E-state index contributed by atoms with van der Waals surface area (Å²) in [5.41, 5.74) is 0. The molecule has 0 fully saturated rings. The Bertz CT molecular complexity index is 607. The monoisotopic (exact) mass is 282 g/mol. The molecule has 0 spiro atoms. The Balaban J connectivity index is 2.08. The highest BCUT2D eigenvalue weighted by Crippen LogP contribution is 2.13. The SMILES string of the molecule is CC(C)C(=NC(=N)Oc1ccccc1)Oc1ccccc1. The van der Waals surface area contributed by atoms with E-state index >= 15 is 0 Å². The molecule has 0 aliphatic carbocycles. The Morgan fingerprint density at radius 1 is 0.857 bits per heavy atom. The Kier molecular flexibility index (Phi) is 5.10. The van der Waals surface area contributed by atoms with Gasteiger partial charge in [-0.3, -0.25) is 0 Å². The largest absolute Gasteiger partial charge is 0.443 e. The number of amidine groups is 1. The molecular formula is C17H18N2O2. The number of benzene rings is 2. The van der Waals surface area contributed by atoms with Crippen molar-refractivity contribution in [2.45, 2.75) is 13.8 Å². The van der Waals surface area contributed by atoms with Crippen molar-refractivity contribution in [3.8, 4) is 11.5 Å². The Hall–Kier alpha value is -2.62. The van der Waals surface area contributed by atoms with Gasteiger partial charge in [0.15, 0.2) is 0 Å². The minimum Gasteiger partial charge on any atom is -0.443 e. The number of nitrogens with zero attached hydrogens (tertiary/aromatic N) is 1. The van der Waals surface area contributed by atoms with E-state index in [2.05, 4.69) is 4.99 Å². The quantitative estimate of drug-likeness (QED) is 0.679. The molecule has 0 radical (unpaired) electrons. The number of rotatable bonds is 3. The van der Waals surface area contributed by atoms with Gasteiger partial charge in [0.1, 0.15) is 11.5 Å². The number of aliphatic imine (C=N–C) groups is 1. The van der Waals surface area contributed by atoms with Crippen molar-refractivity contribution in [3.63, 3.8) is 0 Å². The summed E-state index contributed by atoms with van der Waals surface area (Å²) in [4.78, 5) is 4.12. The fraction of sp³-hybridized carbons (Fsp3) is 0.176. The number of hydrogen-bond acceptors (Lipinski definition) is 3. The molecule has 4 nitrogen and oxygen atoms in total. The minimum absolute atomic E-state index is 0.0462. The topological polar surface area (TPSA) is 54.7 Å². The molecule has 0 aromatic heterocycles. The van der Waals surface area contributed by atoms with Crippen molar-refractivity contribution in [2.24, 2.45) is 10.9 Å². The van der Waals surface area contributed by atoms with E-state index in [4.69, 9.17) is 14.9 Å². The second kappa shape index (κ2) is 7.24. The number of hydrogen-bond donors (Lipinski definition) is 1. The van der Waals surface area contributed by atoms with Crippen LogP contribution in [0.2, 0.25) is 0 Å². The maximum absolute atomic E-state index is 7.83. The fourth-order valence-electron chi connectivity index (χ4n) is 1.60. The molecule has 0 amide bonds. The molecule has 21 heavy (non-hydrogen) atoms. The summed E-state index contributed by atoms with van der Waals surface area (Å²) in [6, 6.07) is 18.3. The number of nitrogens with one attached hydrogen (secondary N) is 1. The predicted molar refractivity (Wildman–Crippen MR) is 84.1 cm³/mol. The molecule has 1 N–H and O–H groups in total. The molecule has 2 aromatic rings. The van der Waals surface area contributed by atoms with Gasteiger partial charge in [-0.15, -0.1) is 0 Å². The van der Waals surface area contributed by atoms with Gasteiger partial charge in [-0.25, -0.2) is 5.41 Å². The van der Waals surface area contributed by atoms with Gasteiger partial charge in [0.25, 0.3) is 0 Å². The van der Waals surface area contributed by atoms with Crippen molar-refractivity contribution >= 4 is 11.9 Å². The summed E-state index contributed by atoms with van der Waals surface area (Å²) in [5.74, 6) is 1.76. The van der Waals surface area contributed by atoms with Gasteiger partial charge < -0.3 is 9.47 Å². The maximum atomic E-state index is 7.83. The minimum atomic E-state index is -0.194. The Morgan fingerprint density at radius 3 is 1.81 bits per heavy atom. The standard InChI is InChI=1S/C17H18N2O2/c1-13(2)16(20-14-9-5-3-6-10-14)19-17(18)21-15-11-7-4-8-12-15/h3-13,18H,1-2H3. The van der Waals surface area contributed by atoms with Crippen molar-refractivity contribution in [2.75, 3.05) is 0 Å². The molecule has 2 aromatic carbocycles. The van der Waals surface area contributed by atoms with Crippen molar-refractivity contribution < 1.29 is 9.47 Å². The smallest absolute Gasteiger partial charge is 0.317 e. The van der Waals surface area contributed by atoms with Crippen LogP contribution in [-0.4, -0.2) is 11.9 Å². The van der Waals surface area contributed by atoms with E-state index in [9.17, 15) is 0 Å². The van der Waals surface area contributed by atoms with Crippen LogP contribution in [0, 0.1) is 11.3 Å². The highest BCUT2D eigenvalue weighted by molar-refractivity contribution is 5.91. The maximum Gasteiger partial charge on any atom is 0.317 e. The first-order valence-electron chi connectivity index (χ1n) is 6.78. The van der Waals surface area contributed by atoms with Crippen molar-refractivity contribution in [1.82, 2.24) is 0 Å². The van der Waals surface area contributed by atoms with Crippen molar-refractivity contribution in [3.05, 3.63) is 60.7 Å². The van der Waals surface area contributed by atoms with E-state index in [0.717, 1.165) is 0 Å². The van der Waals surface area contributed by atoms with Gasteiger partial charge in [0.05, 0.1) is 0 Å². The van der Waals surface area contributed by atoms with E-state index in [1.54, 1.807) is 12.1 Å². The molecule has 0 saturated heterocycles. The highest BCUT2D eigenvalue weighted by Gasteiger charge is 2.10. The number of ether oxygens (including phenoxy) is 2. The molecule has 0 unspecified atom stereocenters. The van der Waals surface area contributed by atoms with Crippen LogP contribution in [0.1, 0.15) is 13.8 Å². The Labute approximate surface area is 124 Å². The zero-order valence-corrected chi connectivity index (χ0v) is 12.1. The summed E-state index contributed by atoms with van der Waals surface area (Å²) < 4.78 is 11.1. The Morgan fingerprint density at radius 2 is 1.33 bits per heavy atom. The van der Waals surface area contributed by atoms with Crippen LogP contribution in [0.15, 0.2) is 65.7 Å². The lowest BCUT2D eigenvalue weighted by atomic mass is 10.2. The van der Waals surface area contributed by atoms with Crippen LogP contribution in [0.25, 0.3) is 0 Å². The van der Waals surface area contributed by atoms with Crippen LogP contribution < -0.4 is 9.47 Å². The molecule has 0 aliphatic rings. The predicted octanol–water partition coefficient (Wildman–Crippen LogP) is 4.13. The summed E-state index contributed by atoms with van der Waals surface area (Å²) in [6.45, 7) is 3.91. The van der Waals surface area contributed by atoms with Gasteiger partial charge >= 0.3 is 6.02 Å². The first kappa shape index (κ1) is 14.8. The molecule has 4 heteroatoms. The third-order valence-electron chi connectivity index (χ3n) is 2.63. The second-order valence-corrected chi connectivity index (χ2v) is 4.74. The lowest BCUT2D eigenvalue weighted by Crippen LogP contribution is -2.19. The molecule has 2 rings (SSSR count). The summed E-state index contributed by atoms with van der Waals surface area (Å²) in [7, 11) is 0. The molecule has 0 atom stereocenters. The van der Waals surface area contributed by atoms with Gasteiger partial charge in [0.2, 0.25) is 5.90 Å². The molecule has 0 bridgehead atoms. The van der Waals surface area contributed by atoms with E-state index in [1.165, 1.54) is 0 Å². The molecular weight excluding hydrogens is 264 g/mol. The summed E-state index contributed by atoms with van der Waals surface area (Å²) in [6.07, 6.45) is 0. The molecule has 0 heterocycles. The first-order chi connectivity index (χ1) is 10.1. The van der Waals surface area contributed by atoms with Crippen LogP contribution in [0.4, 0.5) is 0 Å². The van der Waals surface area contributed by atoms with Crippen molar-refractivity contribution in [1.29, 1.82) is 5.41 Å². The molecule has 0 aliphatic heterocycles. The zero-order chi connectivity index (χ0) is 15.1. The zero-order valence-electron chi connectivity index (χ0n) is 12.1. The third kappa shape index (κ3) is 4.76. The van der Waals surface area contributed by atoms with Crippen LogP contribution >= 0.6 is 0 Å². The molecule has 0 saturated carbocycles. The second-order valence-electron chi connectivity index (χ2n) is 4.74. The first-order valence-corrected chi connectivity index (χ1v) is 6.78. The van der Waals surface area contributed by atoms with Crippen LogP contribution in [0.3, 0.4) is 0 Å². The van der Waals surface area contributed by atoms with E-state index < -0.39 is 0 Å². The lowest BCUT2D eigenvalue weighted by Gasteiger charge is -2.12. The fourth-order valence-corrected chi connectivity index (χ4v) is 1.60. The van der Waals surface area contributed by atoms with Gasteiger partial charge in [0, 0.05) is 5.92 Å². The lowest BCUT2D eigenvalue weighted by molar-refractivity contribution is 0.495. The normalized spacial score (nSPS) is 11.3. The van der Waals surface area contributed by atoms with Crippen LogP contribution in [-0.2, 0) is 0 Å². The van der Waals surface area contributed by atoms with Crippen LogP contribution in [0.5, 0.6) is 11.5 Å². The van der Waals surface area contributed by atoms with Gasteiger partial charge in [-0.2, -0.15) is 4.99 Å². The van der Waals surface area contributed by atoms with E-state index in [1.807, 2.05) is 62.4 Å². The molecule has 108 valence electrons. The third-order valence-corrected chi connectivity index (χ3v) is 2.63. The van der Waals surface area contributed by atoms with E-state index in [-0.39, 0.29) is 11.9 Å². The highest BCUT2D eigenvalue weighted by atomic mass is 16.5.